The fraction of sp³-hybridized carbons (Fsp3) is 0.533. The topological polar surface area (TPSA) is 35.5 Å². The minimum atomic E-state index is 0.173. The first kappa shape index (κ1) is 13.1. The van der Waals surface area contributed by atoms with Crippen molar-refractivity contribution in [3.8, 4) is 5.75 Å². The highest BCUT2D eigenvalue weighted by Crippen LogP contribution is 2.20. The largest absolute Gasteiger partial charge is 0.494 e. The zero-order chi connectivity index (χ0) is 12.8. The lowest BCUT2D eigenvalue weighted by Gasteiger charge is -2.09. The van der Waals surface area contributed by atoms with Crippen molar-refractivity contribution in [2.75, 3.05) is 13.2 Å². The number of Topliss-reactive ketones (excluding diaryl/α,β-unsaturated/α-hetero) is 1. The van der Waals surface area contributed by atoms with Crippen LogP contribution in [0.3, 0.4) is 0 Å². The molecule has 1 aliphatic heterocycles. The molecule has 0 N–H and O–H groups in total. The Kier molecular flexibility index (Phi) is 4.76. The summed E-state index contributed by atoms with van der Waals surface area (Å²) in [4.78, 5) is 12.0. The van der Waals surface area contributed by atoms with Crippen LogP contribution in [-0.2, 0) is 4.74 Å². The van der Waals surface area contributed by atoms with Crippen LogP contribution in [0, 0.1) is 0 Å². The summed E-state index contributed by atoms with van der Waals surface area (Å²) < 4.78 is 10.9. The monoisotopic (exact) mass is 248 g/mol. The van der Waals surface area contributed by atoms with E-state index < -0.39 is 0 Å². The summed E-state index contributed by atoms with van der Waals surface area (Å²) in [7, 11) is 0. The van der Waals surface area contributed by atoms with Crippen LogP contribution in [0.4, 0.5) is 0 Å². The molecule has 1 atom stereocenters. The molecule has 0 amide bonds. The average Bonchev–Trinajstić information content (AvgIpc) is 2.90. The second kappa shape index (κ2) is 6.55. The summed E-state index contributed by atoms with van der Waals surface area (Å²) in [5.41, 5.74) is 0.735. The molecule has 3 heteroatoms. The number of carbonyl (C=O) groups is 1. The van der Waals surface area contributed by atoms with Gasteiger partial charge in [0.1, 0.15) is 5.75 Å². The second-order valence-electron chi connectivity index (χ2n) is 4.56. The van der Waals surface area contributed by atoms with E-state index in [1.807, 2.05) is 31.2 Å². The van der Waals surface area contributed by atoms with Gasteiger partial charge in [-0.1, -0.05) is 12.1 Å². The standard InChI is InChI=1S/C15H20O3/c1-2-17-14-6-3-5-12(11-14)15(16)9-8-13-7-4-10-18-13/h3,5-6,11,13H,2,4,7-10H2,1H3. The zero-order valence-corrected chi connectivity index (χ0v) is 10.9. The molecule has 2 rings (SSSR count). The highest BCUT2D eigenvalue weighted by Gasteiger charge is 2.17. The normalized spacial score (nSPS) is 18.8. The number of ether oxygens (including phenoxy) is 2. The molecule has 0 saturated carbocycles. The van der Waals surface area contributed by atoms with E-state index in [1.54, 1.807) is 0 Å². The lowest BCUT2D eigenvalue weighted by atomic mass is 10.0. The maximum absolute atomic E-state index is 12.0. The van der Waals surface area contributed by atoms with E-state index in [2.05, 4.69) is 0 Å². The molecule has 1 aromatic rings. The van der Waals surface area contributed by atoms with Crippen LogP contribution >= 0.6 is 0 Å². The van der Waals surface area contributed by atoms with Crippen LogP contribution < -0.4 is 4.74 Å². The van der Waals surface area contributed by atoms with E-state index in [0.717, 1.165) is 37.2 Å². The van der Waals surface area contributed by atoms with E-state index >= 15 is 0 Å². The molecule has 0 radical (unpaired) electrons. The van der Waals surface area contributed by atoms with Crippen molar-refractivity contribution in [2.24, 2.45) is 0 Å². The van der Waals surface area contributed by atoms with E-state index in [0.29, 0.717) is 13.0 Å². The van der Waals surface area contributed by atoms with Crippen molar-refractivity contribution in [2.45, 2.75) is 38.7 Å². The first-order valence-electron chi connectivity index (χ1n) is 6.67. The third kappa shape index (κ3) is 3.57. The van der Waals surface area contributed by atoms with E-state index in [4.69, 9.17) is 9.47 Å². The fourth-order valence-corrected chi connectivity index (χ4v) is 2.23. The summed E-state index contributed by atoms with van der Waals surface area (Å²) in [5.74, 6) is 0.938. The predicted octanol–water partition coefficient (Wildman–Crippen LogP) is 3.23. The van der Waals surface area contributed by atoms with Gasteiger partial charge in [0.25, 0.3) is 0 Å². The second-order valence-corrected chi connectivity index (χ2v) is 4.56. The van der Waals surface area contributed by atoms with Gasteiger partial charge < -0.3 is 9.47 Å². The van der Waals surface area contributed by atoms with E-state index in [-0.39, 0.29) is 11.9 Å². The van der Waals surface area contributed by atoms with Crippen LogP contribution in [0.25, 0.3) is 0 Å². The summed E-state index contributed by atoms with van der Waals surface area (Å²) in [6.07, 6.45) is 3.88. The van der Waals surface area contributed by atoms with Gasteiger partial charge in [-0.15, -0.1) is 0 Å². The molecule has 98 valence electrons. The molecule has 1 aliphatic rings. The fourth-order valence-electron chi connectivity index (χ4n) is 2.23. The Labute approximate surface area is 108 Å². The Balaban J connectivity index is 1.89. The third-order valence-corrected chi connectivity index (χ3v) is 3.18. The molecule has 1 unspecified atom stereocenters. The van der Waals surface area contributed by atoms with Crippen LogP contribution in [0.1, 0.15) is 43.0 Å². The van der Waals surface area contributed by atoms with Crippen LogP contribution in [0.15, 0.2) is 24.3 Å². The first-order chi connectivity index (χ1) is 8.79. The quantitative estimate of drug-likeness (QED) is 0.725. The summed E-state index contributed by atoms with van der Waals surface area (Å²) in [6.45, 7) is 3.40. The molecule has 18 heavy (non-hydrogen) atoms. The van der Waals surface area contributed by atoms with Crippen molar-refractivity contribution in [3.05, 3.63) is 29.8 Å². The van der Waals surface area contributed by atoms with Gasteiger partial charge in [-0.25, -0.2) is 0 Å². The molecular formula is C15H20O3. The number of hydrogen-bond acceptors (Lipinski definition) is 3. The lowest BCUT2D eigenvalue weighted by molar-refractivity contribution is 0.0859. The highest BCUT2D eigenvalue weighted by atomic mass is 16.5. The molecule has 1 heterocycles. The molecule has 0 bridgehead atoms. The van der Waals surface area contributed by atoms with Crippen LogP contribution in [-0.4, -0.2) is 25.1 Å². The Bertz CT molecular complexity index is 394. The number of carbonyl (C=O) groups excluding carboxylic acids is 1. The van der Waals surface area contributed by atoms with Gasteiger partial charge in [0, 0.05) is 18.6 Å². The molecule has 3 nitrogen and oxygen atoms in total. The van der Waals surface area contributed by atoms with E-state index in [1.165, 1.54) is 0 Å². The third-order valence-electron chi connectivity index (χ3n) is 3.18. The Morgan fingerprint density at radius 3 is 3.11 bits per heavy atom. The molecule has 0 spiro atoms. The van der Waals surface area contributed by atoms with Crippen molar-refractivity contribution >= 4 is 5.78 Å². The predicted molar refractivity (Wildman–Crippen MR) is 70.1 cm³/mol. The van der Waals surface area contributed by atoms with Gasteiger partial charge in [-0.2, -0.15) is 0 Å². The number of ketones is 1. The van der Waals surface area contributed by atoms with Crippen molar-refractivity contribution < 1.29 is 14.3 Å². The van der Waals surface area contributed by atoms with Gasteiger partial charge in [-0.3, -0.25) is 4.79 Å². The summed E-state index contributed by atoms with van der Waals surface area (Å²) >= 11 is 0. The molecule has 0 aromatic heterocycles. The molecular weight excluding hydrogens is 228 g/mol. The van der Waals surface area contributed by atoms with Crippen molar-refractivity contribution in [1.29, 1.82) is 0 Å². The van der Waals surface area contributed by atoms with Gasteiger partial charge in [0.05, 0.1) is 12.7 Å². The van der Waals surface area contributed by atoms with Gasteiger partial charge >= 0.3 is 0 Å². The van der Waals surface area contributed by atoms with Crippen molar-refractivity contribution in [3.63, 3.8) is 0 Å². The Hall–Kier alpha value is -1.35. The average molecular weight is 248 g/mol. The number of benzene rings is 1. The van der Waals surface area contributed by atoms with Crippen LogP contribution in [0.2, 0.25) is 0 Å². The summed E-state index contributed by atoms with van der Waals surface area (Å²) in [5, 5.41) is 0. The SMILES string of the molecule is CCOc1cccc(C(=O)CCC2CCCO2)c1. The Morgan fingerprint density at radius 2 is 2.39 bits per heavy atom. The summed E-state index contributed by atoms with van der Waals surface area (Å²) in [6, 6.07) is 7.41. The molecule has 1 aromatic carbocycles. The van der Waals surface area contributed by atoms with Gasteiger partial charge in [0.2, 0.25) is 0 Å². The number of hydrogen-bond donors (Lipinski definition) is 0. The molecule has 1 fully saturated rings. The first-order valence-corrected chi connectivity index (χ1v) is 6.67. The smallest absolute Gasteiger partial charge is 0.163 e. The molecule has 1 saturated heterocycles. The molecule has 0 aliphatic carbocycles. The maximum Gasteiger partial charge on any atom is 0.163 e. The maximum atomic E-state index is 12.0. The van der Waals surface area contributed by atoms with E-state index in [9.17, 15) is 4.79 Å². The lowest BCUT2D eigenvalue weighted by Crippen LogP contribution is -2.09. The van der Waals surface area contributed by atoms with Crippen LogP contribution in [0.5, 0.6) is 5.75 Å². The number of rotatable bonds is 6. The Morgan fingerprint density at radius 1 is 1.50 bits per heavy atom. The highest BCUT2D eigenvalue weighted by molar-refractivity contribution is 5.96. The van der Waals surface area contributed by atoms with Gasteiger partial charge in [-0.05, 0) is 38.3 Å². The van der Waals surface area contributed by atoms with Gasteiger partial charge in [0.15, 0.2) is 5.78 Å². The minimum Gasteiger partial charge on any atom is -0.494 e. The minimum absolute atomic E-state index is 0.173. The zero-order valence-electron chi connectivity index (χ0n) is 10.9. The van der Waals surface area contributed by atoms with Crippen molar-refractivity contribution in [1.82, 2.24) is 0 Å².